The summed E-state index contributed by atoms with van der Waals surface area (Å²) in [5, 5.41) is 2.45. The van der Waals surface area contributed by atoms with Crippen LogP contribution in [0.25, 0.3) is 0 Å². The van der Waals surface area contributed by atoms with Crippen LogP contribution in [0.3, 0.4) is 0 Å². The van der Waals surface area contributed by atoms with Crippen LogP contribution in [0.5, 0.6) is 0 Å². The van der Waals surface area contributed by atoms with Gasteiger partial charge in [-0.3, -0.25) is 4.79 Å². The molecule has 1 N–H and O–H groups in total. The van der Waals surface area contributed by atoms with E-state index in [-0.39, 0.29) is 17.1 Å². The number of anilines is 1. The van der Waals surface area contributed by atoms with Crippen LogP contribution < -0.4 is 5.32 Å². The van der Waals surface area contributed by atoms with Crippen molar-refractivity contribution in [2.75, 3.05) is 11.9 Å². The lowest BCUT2D eigenvalue weighted by Crippen LogP contribution is -2.37. The summed E-state index contributed by atoms with van der Waals surface area (Å²) in [5.74, 6) is -1.27. The van der Waals surface area contributed by atoms with Crippen molar-refractivity contribution in [1.82, 2.24) is 4.31 Å². The summed E-state index contributed by atoms with van der Waals surface area (Å²) in [6.45, 7) is 1.46. The summed E-state index contributed by atoms with van der Waals surface area (Å²) in [7, 11) is -3.98. The standard InChI is InChI=1S/C22H19Br2FN2O3S/c1-15-2-4-16(5-3-15)13-27(31(29,30)19-9-6-17(23)7-10-19)14-22(28)26-21-11-8-18(24)12-20(21)25/h2-12H,13-14H2,1H3,(H,26,28). The number of benzene rings is 3. The van der Waals surface area contributed by atoms with Gasteiger partial charge in [0.15, 0.2) is 0 Å². The average Bonchev–Trinajstić information content (AvgIpc) is 2.71. The topological polar surface area (TPSA) is 66.5 Å². The smallest absolute Gasteiger partial charge is 0.243 e. The van der Waals surface area contributed by atoms with Gasteiger partial charge in [0, 0.05) is 15.5 Å². The van der Waals surface area contributed by atoms with Crippen LogP contribution in [0.1, 0.15) is 11.1 Å². The Morgan fingerprint density at radius 2 is 1.58 bits per heavy atom. The van der Waals surface area contributed by atoms with E-state index in [2.05, 4.69) is 37.2 Å². The lowest BCUT2D eigenvalue weighted by Gasteiger charge is -2.22. The minimum absolute atomic E-state index is 0.00504. The maximum absolute atomic E-state index is 14.1. The fourth-order valence-electron chi connectivity index (χ4n) is 2.82. The second kappa shape index (κ2) is 10.0. The zero-order chi connectivity index (χ0) is 22.6. The highest BCUT2D eigenvalue weighted by molar-refractivity contribution is 9.10. The van der Waals surface area contributed by atoms with Crippen molar-refractivity contribution in [3.05, 3.63) is 92.6 Å². The third-order valence-electron chi connectivity index (χ3n) is 4.46. The summed E-state index contributed by atoms with van der Waals surface area (Å²) in [5.41, 5.74) is 1.74. The summed E-state index contributed by atoms with van der Waals surface area (Å²) >= 11 is 6.45. The number of halogens is 3. The van der Waals surface area contributed by atoms with E-state index in [1.807, 2.05) is 31.2 Å². The molecule has 0 aromatic heterocycles. The van der Waals surface area contributed by atoms with Crippen LogP contribution >= 0.6 is 31.9 Å². The quantitative estimate of drug-likeness (QED) is 0.409. The fourth-order valence-corrected chi connectivity index (χ4v) is 4.80. The number of nitrogens with one attached hydrogen (secondary N) is 1. The van der Waals surface area contributed by atoms with Gasteiger partial charge in [-0.25, -0.2) is 12.8 Å². The number of rotatable bonds is 7. The van der Waals surface area contributed by atoms with Crippen molar-refractivity contribution in [3.63, 3.8) is 0 Å². The van der Waals surface area contributed by atoms with E-state index < -0.39 is 28.3 Å². The molecule has 0 spiro atoms. The minimum Gasteiger partial charge on any atom is -0.322 e. The zero-order valence-electron chi connectivity index (χ0n) is 16.5. The van der Waals surface area contributed by atoms with Crippen LogP contribution in [0.2, 0.25) is 0 Å². The molecule has 0 aliphatic carbocycles. The molecular formula is C22H19Br2FN2O3S. The number of hydrogen-bond acceptors (Lipinski definition) is 3. The van der Waals surface area contributed by atoms with Gasteiger partial charge in [0.25, 0.3) is 0 Å². The second-order valence-corrected chi connectivity index (χ2v) is 10.7. The Morgan fingerprint density at radius 3 is 2.19 bits per heavy atom. The molecule has 0 heterocycles. The van der Waals surface area contributed by atoms with Crippen LogP contribution in [0.15, 0.2) is 80.6 Å². The van der Waals surface area contributed by atoms with Gasteiger partial charge in [0.1, 0.15) is 5.82 Å². The molecule has 3 aromatic rings. The first kappa shape index (κ1) is 23.6. The Morgan fingerprint density at radius 1 is 0.968 bits per heavy atom. The predicted octanol–water partition coefficient (Wildman–Crippen LogP) is 5.49. The highest BCUT2D eigenvalue weighted by Gasteiger charge is 2.27. The first-order valence-electron chi connectivity index (χ1n) is 9.21. The Balaban J connectivity index is 1.88. The molecule has 0 bridgehead atoms. The summed E-state index contributed by atoms with van der Waals surface area (Å²) < 4.78 is 43.0. The Hall–Kier alpha value is -2.07. The largest absolute Gasteiger partial charge is 0.322 e. The van der Waals surface area contributed by atoms with Crippen molar-refractivity contribution in [3.8, 4) is 0 Å². The lowest BCUT2D eigenvalue weighted by molar-refractivity contribution is -0.116. The molecule has 3 aromatic carbocycles. The van der Waals surface area contributed by atoms with Gasteiger partial charge >= 0.3 is 0 Å². The van der Waals surface area contributed by atoms with E-state index in [1.54, 1.807) is 18.2 Å². The van der Waals surface area contributed by atoms with Gasteiger partial charge in [-0.15, -0.1) is 0 Å². The van der Waals surface area contributed by atoms with Crippen LogP contribution in [0.4, 0.5) is 10.1 Å². The molecule has 5 nitrogen and oxygen atoms in total. The normalized spacial score (nSPS) is 11.5. The number of nitrogens with zero attached hydrogens (tertiary/aromatic N) is 1. The van der Waals surface area contributed by atoms with E-state index in [4.69, 9.17) is 0 Å². The molecule has 0 aliphatic heterocycles. The zero-order valence-corrected chi connectivity index (χ0v) is 20.5. The molecule has 0 radical (unpaired) electrons. The van der Waals surface area contributed by atoms with Gasteiger partial charge in [-0.05, 0) is 55.0 Å². The maximum atomic E-state index is 14.1. The summed E-state index contributed by atoms with van der Waals surface area (Å²) in [4.78, 5) is 12.7. The minimum atomic E-state index is -3.98. The molecule has 9 heteroatoms. The first-order valence-corrected chi connectivity index (χ1v) is 12.2. The van der Waals surface area contributed by atoms with E-state index in [0.717, 1.165) is 19.9 Å². The number of aryl methyl sites for hydroxylation is 1. The third kappa shape index (κ3) is 6.22. The number of carbonyl (C=O) groups excluding carboxylic acids is 1. The molecule has 0 saturated carbocycles. The molecule has 0 atom stereocenters. The number of hydrogen-bond donors (Lipinski definition) is 1. The van der Waals surface area contributed by atoms with Crippen LogP contribution in [-0.2, 0) is 21.4 Å². The molecule has 0 fully saturated rings. The molecule has 162 valence electrons. The Kier molecular flexibility index (Phi) is 7.64. The molecule has 0 aliphatic rings. The SMILES string of the molecule is Cc1ccc(CN(CC(=O)Nc2ccc(Br)cc2F)S(=O)(=O)c2ccc(Br)cc2)cc1. The van der Waals surface area contributed by atoms with Gasteiger partial charge < -0.3 is 5.32 Å². The number of amides is 1. The number of carbonyl (C=O) groups is 1. The highest BCUT2D eigenvalue weighted by atomic mass is 79.9. The van der Waals surface area contributed by atoms with E-state index in [9.17, 15) is 17.6 Å². The van der Waals surface area contributed by atoms with Gasteiger partial charge in [-0.2, -0.15) is 4.31 Å². The monoisotopic (exact) mass is 568 g/mol. The van der Waals surface area contributed by atoms with Crippen molar-refractivity contribution >= 4 is 53.5 Å². The highest BCUT2D eigenvalue weighted by Crippen LogP contribution is 2.22. The molecule has 0 unspecified atom stereocenters. The van der Waals surface area contributed by atoms with Gasteiger partial charge in [-0.1, -0.05) is 61.7 Å². The molecule has 3 rings (SSSR count). The van der Waals surface area contributed by atoms with Crippen LogP contribution in [-0.4, -0.2) is 25.2 Å². The van der Waals surface area contributed by atoms with E-state index >= 15 is 0 Å². The molecule has 31 heavy (non-hydrogen) atoms. The molecular weight excluding hydrogens is 551 g/mol. The van der Waals surface area contributed by atoms with Gasteiger partial charge in [0.05, 0.1) is 17.1 Å². The Labute approximate surface area is 197 Å². The molecule has 1 amide bonds. The predicted molar refractivity (Wildman–Crippen MR) is 126 cm³/mol. The van der Waals surface area contributed by atoms with E-state index in [0.29, 0.717) is 4.47 Å². The second-order valence-electron chi connectivity index (χ2n) is 6.88. The lowest BCUT2D eigenvalue weighted by atomic mass is 10.1. The van der Waals surface area contributed by atoms with Crippen molar-refractivity contribution in [2.24, 2.45) is 0 Å². The van der Waals surface area contributed by atoms with Crippen LogP contribution in [0, 0.1) is 12.7 Å². The molecule has 0 saturated heterocycles. The van der Waals surface area contributed by atoms with E-state index in [1.165, 1.54) is 24.3 Å². The fraction of sp³-hybridized carbons (Fsp3) is 0.136. The van der Waals surface area contributed by atoms with Crippen molar-refractivity contribution in [2.45, 2.75) is 18.4 Å². The maximum Gasteiger partial charge on any atom is 0.243 e. The average molecular weight is 570 g/mol. The van der Waals surface area contributed by atoms with Gasteiger partial charge in [0.2, 0.25) is 15.9 Å². The summed E-state index contributed by atoms with van der Waals surface area (Å²) in [6, 6.07) is 17.8. The third-order valence-corrected chi connectivity index (χ3v) is 7.28. The van der Waals surface area contributed by atoms with Crippen molar-refractivity contribution < 1.29 is 17.6 Å². The Bertz CT molecular complexity index is 1180. The summed E-state index contributed by atoms with van der Waals surface area (Å²) in [6.07, 6.45) is 0. The first-order chi connectivity index (χ1) is 14.6. The number of sulfonamides is 1. The van der Waals surface area contributed by atoms with Crippen molar-refractivity contribution in [1.29, 1.82) is 0 Å².